The Kier molecular flexibility index (Phi) is 5.75. The van der Waals surface area contributed by atoms with Crippen molar-refractivity contribution >= 4 is 0 Å². The van der Waals surface area contributed by atoms with E-state index in [1.807, 2.05) is 6.07 Å². The molecule has 1 aliphatic rings. The van der Waals surface area contributed by atoms with Gasteiger partial charge in [0.05, 0.1) is 19.3 Å². The quantitative estimate of drug-likeness (QED) is 0.755. The van der Waals surface area contributed by atoms with Gasteiger partial charge in [-0.25, -0.2) is 0 Å². The summed E-state index contributed by atoms with van der Waals surface area (Å²) in [7, 11) is 0. The van der Waals surface area contributed by atoms with Crippen molar-refractivity contribution in [1.29, 1.82) is 0 Å². The maximum absolute atomic E-state index is 5.85. The summed E-state index contributed by atoms with van der Waals surface area (Å²) < 4.78 is 11.5. The maximum atomic E-state index is 5.85. The average molecular weight is 251 g/mol. The number of nitrogens with one attached hydrogen (secondary N) is 1. The van der Waals surface area contributed by atoms with E-state index in [2.05, 4.69) is 18.3 Å². The Balaban J connectivity index is 1.52. The zero-order chi connectivity index (χ0) is 12.6. The third kappa shape index (κ3) is 4.46. The number of hydrogen-bond acceptors (Lipinski definition) is 3. The van der Waals surface area contributed by atoms with Gasteiger partial charge in [0.25, 0.3) is 0 Å². The minimum absolute atomic E-state index is 0.510. The van der Waals surface area contributed by atoms with Crippen LogP contribution in [0.1, 0.15) is 50.5 Å². The second-order valence-electron chi connectivity index (χ2n) is 5.03. The lowest BCUT2D eigenvalue weighted by atomic mass is 9.98. The Morgan fingerprint density at radius 3 is 2.72 bits per heavy atom. The SMILES string of the molecule is CCc1ccc(CNCCOC2CCCCC2)o1. The lowest BCUT2D eigenvalue weighted by Gasteiger charge is -2.21. The van der Waals surface area contributed by atoms with E-state index in [9.17, 15) is 0 Å². The molecule has 3 heteroatoms. The number of aryl methyl sites for hydroxylation is 1. The molecule has 3 nitrogen and oxygen atoms in total. The molecule has 18 heavy (non-hydrogen) atoms. The molecule has 0 aliphatic heterocycles. The van der Waals surface area contributed by atoms with E-state index in [1.165, 1.54) is 32.1 Å². The number of hydrogen-bond donors (Lipinski definition) is 1. The summed E-state index contributed by atoms with van der Waals surface area (Å²) in [5, 5.41) is 3.36. The van der Waals surface area contributed by atoms with Crippen LogP contribution in [0.4, 0.5) is 0 Å². The molecular formula is C15H25NO2. The molecular weight excluding hydrogens is 226 g/mol. The highest BCUT2D eigenvalue weighted by Crippen LogP contribution is 2.19. The molecule has 0 unspecified atom stereocenters. The largest absolute Gasteiger partial charge is 0.465 e. The maximum Gasteiger partial charge on any atom is 0.117 e. The van der Waals surface area contributed by atoms with Gasteiger partial charge in [0.15, 0.2) is 0 Å². The van der Waals surface area contributed by atoms with Gasteiger partial charge < -0.3 is 14.5 Å². The Labute approximate surface area is 110 Å². The molecule has 1 N–H and O–H groups in total. The third-order valence-electron chi connectivity index (χ3n) is 3.55. The van der Waals surface area contributed by atoms with Crippen molar-refractivity contribution in [3.8, 4) is 0 Å². The highest BCUT2D eigenvalue weighted by atomic mass is 16.5. The standard InChI is InChI=1S/C15H25NO2/c1-2-13-8-9-15(18-13)12-16-10-11-17-14-6-4-3-5-7-14/h8-9,14,16H,2-7,10-12H2,1H3. The van der Waals surface area contributed by atoms with E-state index in [0.29, 0.717) is 6.10 Å². The molecule has 102 valence electrons. The van der Waals surface area contributed by atoms with Gasteiger partial charge in [-0.1, -0.05) is 26.2 Å². The van der Waals surface area contributed by atoms with E-state index < -0.39 is 0 Å². The Hall–Kier alpha value is -0.800. The highest BCUT2D eigenvalue weighted by Gasteiger charge is 2.12. The minimum atomic E-state index is 0.510. The number of rotatable bonds is 7. The molecule has 1 fully saturated rings. The van der Waals surface area contributed by atoms with E-state index in [-0.39, 0.29) is 0 Å². The van der Waals surface area contributed by atoms with Gasteiger partial charge >= 0.3 is 0 Å². The summed E-state index contributed by atoms with van der Waals surface area (Å²) >= 11 is 0. The second kappa shape index (κ2) is 7.59. The first kappa shape index (κ1) is 13.6. The van der Waals surface area contributed by atoms with Crippen LogP contribution >= 0.6 is 0 Å². The summed E-state index contributed by atoms with van der Waals surface area (Å²) in [5.41, 5.74) is 0. The van der Waals surface area contributed by atoms with Crippen molar-refractivity contribution in [1.82, 2.24) is 5.32 Å². The van der Waals surface area contributed by atoms with Crippen LogP contribution in [0.5, 0.6) is 0 Å². The van der Waals surface area contributed by atoms with E-state index >= 15 is 0 Å². The van der Waals surface area contributed by atoms with E-state index in [1.54, 1.807) is 0 Å². The molecule has 2 rings (SSSR count). The van der Waals surface area contributed by atoms with Crippen molar-refractivity contribution in [3.63, 3.8) is 0 Å². The van der Waals surface area contributed by atoms with Crippen LogP contribution in [0.3, 0.4) is 0 Å². The van der Waals surface area contributed by atoms with Crippen molar-refractivity contribution in [3.05, 3.63) is 23.7 Å². The van der Waals surface area contributed by atoms with Gasteiger partial charge in [-0.05, 0) is 25.0 Å². The summed E-state index contributed by atoms with van der Waals surface area (Å²) in [6, 6.07) is 4.10. The molecule has 1 heterocycles. The van der Waals surface area contributed by atoms with Crippen molar-refractivity contribution in [2.45, 2.75) is 58.1 Å². The normalized spacial score (nSPS) is 17.2. The Morgan fingerprint density at radius 2 is 2.00 bits per heavy atom. The monoisotopic (exact) mass is 251 g/mol. The van der Waals surface area contributed by atoms with Crippen molar-refractivity contribution in [2.24, 2.45) is 0 Å². The first-order valence-corrected chi connectivity index (χ1v) is 7.28. The smallest absolute Gasteiger partial charge is 0.117 e. The molecule has 0 bridgehead atoms. The van der Waals surface area contributed by atoms with Crippen LogP contribution in [0, 0.1) is 0 Å². The van der Waals surface area contributed by atoms with Crippen LogP contribution < -0.4 is 5.32 Å². The molecule has 1 aromatic rings. The van der Waals surface area contributed by atoms with Gasteiger partial charge in [-0.15, -0.1) is 0 Å². The summed E-state index contributed by atoms with van der Waals surface area (Å²) in [6.07, 6.45) is 8.03. The molecule has 0 aromatic carbocycles. The Bertz CT molecular complexity index is 329. The molecule has 0 radical (unpaired) electrons. The van der Waals surface area contributed by atoms with Gasteiger partial charge in [0, 0.05) is 13.0 Å². The van der Waals surface area contributed by atoms with Gasteiger partial charge in [-0.3, -0.25) is 0 Å². The molecule has 1 aromatic heterocycles. The molecule has 0 atom stereocenters. The summed E-state index contributed by atoms with van der Waals surface area (Å²) in [4.78, 5) is 0. The third-order valence-corrected chi connectivity index (χ3v) is 3.55. The lowest BCUT2D eigenvalue weighted by molar-refractivity contribution is 0.0301. The molecule has 1 saturated carbocycles. The van der Waals surface area contributed by atoms with Gasteiger partial charge in [-0.2, -0.15) is 0 Å². The summed E-state index contributed by atoms with van der Waals surface area (Å²) in [6.45, 7) is 4.62. The van der Waals surface area contributed by atoms with E-state index in [4.69, 9.17) is 9.15 Å². The predicted octanol–water partition coefficient (Wildman–Crippen LogP) is 3.28. The minimum Gasteiger partial charge on any atom is -0.465 e. The van der Waals surface area contributed by atoms with Crippen molar-refractivity contribution in [2.75, 3.05) is 13.2 Å². The number of ether oxygens (including phenoxy) is 1. The fourth-order valence-electron chi connectivity index (χ4n) is 2.45. The fourth-order valence-corrected chi connectivity index (χ4v) is 2.45. The van der Waals surface area contributed by atoms with Gasteiger partial charge in [0.1, 0.15) is 11.5 Å². The Morgan fingerprint density at radius 1 is 1.22 bits per heavy atom. The van der Waals surface area contributed by atoms with Crippen LogP contribution in [-0.4, -0.2) is 19.3 Å². The molecule has 1 aliphatic carbocycles. The van der Waals surface area contributed by atoms with Crippen molar-refractivity contribution < 1.29 is 9.15 Å². The lowest BCUT2D eigenvalue weighted by Crippen LogP contribution is -2.24. The van der Waals surface area contributed by atoms with Crippen LogP contribution in [0.15, 0.2) is 16.5 Å². The van der Waals surface area contributed by atoms with E-state index in [0.717, 1.165) is 37.6 Å². The molecule has 0 amide bonds. The molecule has 0 saturated heterocycles. The average Bonchev–Trinajstić information content (AvgIpc) is 2.87. The first-order chi connectivity index (χ1) is 8.88. The number of furan rings is 1. The summed E-state index contributed by atoms with van der Waals surface area (Å²) in [5.74, 6) is 2.08. The van der Waals surface area contributed by atoms with Crippen LogP contribution in [0.25, 0.3) is 0 Å². The zero-order valence-corrected chi connectivity index (χ0v) is 11.4. The highest BCUT2D eigenvalue weighted by molar-refractivity contribution is 5.06. The van der Waals surface area contributed by atoms with Gasteiger partial charge in [0.2, 0.25) is 0 Å². The first-order valence-electron chi connectivity index (χ1n) is 7.28. The van der Waals surface area contributed by atoms with Crippen LogP contribution in [-0.2, 0) is 17.7 Å². The fraction of sp³-hybridized carbons (Fsp3) is 0.733. The topological polar surface area (TPSA) is 34.4 Å². The van der Waals surface area contributed by atoms with Crippen LogP contribution in [0.2, 0.25) is 0 Å². The molecule has 0 spiro atoms. The zero-order valence-electron chi connectivity index (χ0n) is 11.4. The predicted molar refractivity (Wildman–Crippen MR) is 72.6 cm³/mol. The second-order valence-corrected chi connectivity index (χ2v) is 5.03.